The van der Waals surface area contributed by atoms with Crippen LogP contribution in [0.25, 0.3) is 0 Å². The fourth-order valence-corrected chi connectivity index (χ4v) is 2.12. The Hall–Kier alpha value is -1.36. The van der Waals surface area contributed by atoms with Crippen molar-refractivity contribution in [2.45, 2.75) is 27.2 Å². The topological polar surface area (TPSA) is 66.4 Å². The summed E-state index contributed by atoms with van der Waals surface area (Å²) < 4.78 is 0. The molecular formula is C12H17NO3S. The smallest absolute Gasteiger partial charge is 0.309 e. The lowest BCUT2D eigenvalue weighted by Gasteiger charge is -2.18. The number of rotatable bonds is 5. The molecule has 0 unspecified atom stereocenters. The van der Waals surface area contributed by atoms with Crippen molar-refractivity contribution in [3.8, 4) is 0 Å². The number of amides is 1. The van der Waals surface area contributed by atoms with Crippen molar-refractivity contribution in [3.63, 3.8) is 0 Å². The Morgan fingerprint density at radius 3 is 2.59 bits per heavy atom. The summed E-state index contributed by atoms with van der Waals surface area (Å²) in [6.07, 6.45) is 0.415. The van der Waals surface area contributed by atoms with Gasteiger partial charge >= 0.3 is 5.97 Å². The van der Waals surface area contributed by atoms with Gasteiger partial charge in [0.1, 0.15) is 0 Å². The van der Waals surface area contributed by atoms with Crippen LogP contribution in [0.5, 0.6) is 0 Å². The zero-order valence-corrected chi connectivity index (χ0v) is 11.1. The highest BCUT2D eigenvalue weighted by molar-refractivity contribution is 7.12. The maximum absolute atomic E-state index is 11.7. The first-order valence-electron chi connectivity index (χ1n) is 5.40. The number of carboxylic acids is 1. The molecule has 1 heterocycles. The van der Waals surface area contributed by atoms with E-state index in [1.807, 2.05) is 18.4 Å². The molecule has 0 fully saturated rings. The van der Waals surface area contributed by atoms with E-state index >= 15 is 0 Å². The lowest BCUT2D eigenvalue weighted by atomic mass is 9.90. The molecule has 94 valence electrons. The van der Waals surface area contributed by atoms with E-state index in [1.54, 1.807) is 13.8 Å². The second-order valence-corrected chi connectivity index (χ2v) is 5.54. The van der Waals surface area contributed by atoms with Crippen LogP contribution in [0.2, 0.25) is 0 Å². The number of hydrogen-bond acceptors (Lipinski definition) is 3. The molecule has 1 aromatic heterocycles. The molecule has 0 aromatic carbocycles. The molecule has 0 radical (unpaired) electrons. The van der Waals surface area contributed by atoms with Crippen molar-refractivity contribution in [3.05, 3.63) is 21.9 Å². The summed E-state index contributed by atoms with van der Waals surface area (Å²) in [6.45, 7) is 5.55. The molecule has 17 heavy (non-hydrogen) atoms. The normalized spacial score (nSPS) is 11.2. The maximum Gasteiger partial charge on any atom is 0.309 e. The molecule has 0 saturated carbocycles. The van der Waals surface area contributed by atoms with E-state index in [0.29, 0.717) is 17.8 Å². The van der Waals surface area contributed by atoms with E-state index < -0.39 is 11.4 Å². The van der Waals surface area contributed by atoms with E-state index in [-0.39, 0.29) is 5.91 Å². The van der Waals surface area contributed by atoms with Crippen molar-refractivity contribution in [2.24, 2.45) is 5.41 Å². The highest BCUT2D eigenvalue weighted by atomic mass is 32.1. The molecule has 0 aliphatic rings. The van der Waals surface area contributed by atoms with E-state index in [9.17, 15) is 9.59 Å². The van der Waals surface area contributed by atoms with Crippen molar-refractivity contribution in [2.75, 3.05) is 6.54 Å². The summed E-state index contributed by atoms with van der Waals surface area (Å²) in [4.78, 5) is 23.3. The average molecular weight is 255 g/mol. The Morgan fingerprint density at radius 1 is 1.47 bits per heavy atom. The zero-order chi connectivity index (χ0) is 13.1. The standard InChI is InChI=1S/C12H17NO3S/c1-8-4-7-17-9(8)10(14)13-6-5-12(2,3)11(15)16/h4,7H,5-6H2,1-3H3,(H,13,14)(H,15,16). The van der Waals surface area contributed by atoms with E-state index in [4.69, 9.17) is 5.11 Å². The minimum Gasteiger partial charge on any atom is -0.481 e. The van der Waals surface area contributed by atoms with Crippen molar-refractivity contribution >= 4 is 23.2 Å². The van der Waals surface area contributed by atoms with Gasteiger partial charge < -0.3 is 10.4 Å². The number of aliphatic carboxylic acids is 1. The number of nitrogens with one attached hydrogen (secondary N) is 1. The van der Waals surface area contributed by atoms with Gasteiger partial charge in [0.25, 0.3) is 5.91 Å². The Morgan fingerprint density at radius 2 is 2.12 bits per heavy atom. The molecule has 1 amide bonds. The van der Waals surface area contributed by atoms with Crippen LogP contribution in [0.1, 0.15) is 35.5 Å². The fraction of sp³-hybridized carbons (Fsp3) is 0.500. The molecule has 1 aromatic rings. The first-order valence-corrected chi connectivity index (χ1v) is 6.28. The van der Waals surface area contributed by atoms with Crippen molar-refractivity contribution < 1.29 is 14.7 Å². The van der Waals surface area contributed by atoms with Crippen LogP contribution in [-0.2, 0) is 4.79 Å². The van der Waals surface area contributed by atoms with Gasteiger partial charge in [-0.05, 0) is 44.2 Å². The minimum absolute atomic E-state index is 0.126. The molecule has 4 nitrogen and oxygen atoms in total. The fourth-order valence-electron chi connectivity index (χ4n) is 1.28. The van der Waals surface area contributed by atoms with Gasteiger partial charge in [0.05, 0.1) is 10.3 Å². The predicted molar refractivity (Wildman–Crippen MR) is 67.4 cm³/mol. The third-order valence-corrected chi connectivity index (χ3v) is 3.70. The Balaban J connectivity index is 2.46. The SMILES string of the molecule is Cc1ccsc1C(=O)NCCC(C)(C)C(=O)O. The number of carbonyl (C=O) groups is 2. The Bertz CT molecular complexity index is 423. The minimum atomic E-state index is -0.848. The molecule has 1 rings (SSSR count). The summed E-state index contributed by atoms with van der Waals surface area (Å²) in [5.41, 5.74) is 0.141. The molecule has 0 atom stereocenters. The molecule has 2 N–H and O–H groups in total. The van der Waals surface area contributed by atoms with Gasteiger partial charge in [0.15, 0.2) is 0 Å². The lowest BCUT2D eigenvalue weighted by Crippen LogP contribution is -2.31. The molecule has 0 aliphatic carbocycles. The largest absolute Gasteiger partial charge is 0.481 e. The van der Waals surface area contributed by atoms with Gasteiger partial charge in [-0.1, -0.05) is 0 Å². The maximum atomic E-state index is 11.7. The first kappa shape index (κ1) is 13.7. The zero-order valence-electron chi connectivity index (χ0n) is 10.2. The summed E-state index contributed by atoms with van der Waals surface area (Å²) in [5, 5.41) is 13.5. The number of aryl methyl sites for hydroxylation is 1. The van der Waals surface area contributed by atoms with Gasteiger partial charge in [-0.2, -0.15) is 0 Å². The van der Waals surface area contributed by atoms with Crippen LogP contribution in [0, 0.1) is 12.3 Å². The van der Waals surface area contributed by atoms with Crippen molar-refractivity contribution in [1.82, 2.24) is 5.32 Å². The molecule has 0 spiro atoms. The molecule has 0 aliphatic heterocycles. The predicted octanol–water partition coefficient (Wildman–Crippen LogP) is 2.29. The highest BCUT2D eigenvalue weighted by Crippen LogP contribution is 2.20. The van der Waals surface area contributed by atoms with Crippen LogP contribution in [-0.4, -0.2) is 23.5 Å². The average Bonchev–Trinajstić information content (AvgIpc) is 2.63. The summed E-state index contributed by atoms with van der Waals surface area (Å²) in [7, 11) is 0. The van der Waals surface area contributed by atoms with Gasteiger partial charge in [-0.15, -0.1) is 11.3 Å². The van der Waals surface area contributed by atoms with Crippen LogP contribution in [0.3, 0.4) is 0 Å². The van der Waals surface area contributed by atoms with Crippen LogP contribution in [0.4, 0.5) is 0 Å². The van der Waals surface area contributed by atoms with Crippen molar-refractivity contribution in [1.29, 1.82) is 0 Å². The van der Waals surface area contributed by atoms with E-state index in [1.165, 1.54) is 11.3 Å². The van der Waals surface area contributed by atoms with Crippen LogP contribution < -0.4 is 5.32 Å². The van der Waals surface area contributed by atoms with Crippen LogP contribution in [0.15, 0.2) is 11.4 Å². The van der Waals surface area contributed by atoms with E-state index in [0.717, 1.165) is 5.56 Å². The molecular weight excluding hydrogens is 238 g/mol. The lowest BCUT2D eigenvalue weighted by molar-refractivity contribution is -0.147. The Kier molecular flexibility index (Phi) is 4.28. The third-order valence-electron chi connectivity index (χ3n) is 2.68. The molecule has 0 bridgehead atoms. The second-order valence-electron chi connectivity index (χ2n) is 4.63. The summed E-state index contributed by atoms with van der Waals surface area (Å²) in [5.74, 6) is -0.974. The molecule has 5 heteroatoms. The van der Waals surface area contributed by atoms with Gasteiger partial charge in [-0.3, -0.25) is 9.59 Å². The van der Waals surface area contributed by atoms with E-state index in [2.05, 4.69) is 5.32 Å². The quantitative estimate of drug-likeness (QED) is 0.848. The van der Waals surface area contributed by atoms with Gasteiger partial charge in [-0.25, -0.2) is 0 Å². The Labute approximate surface area is 105 Å². The van der Waals surface area contributed by atoms with Gasteiger partial charge in [0, 0.05) is 6.54 Å². The number of hydrogen-bond donors (Lipinski definition) is 2. The number of carboxylic acid groups (broad SMARTS) is 1. The monoisotopic (exact) mass is 255 g/mol. The first-order chi connectivity index (χ1) is 7.84. The summed E-state index contributed by atoms with van der Waals surface area (Å²) in [6, 6.07) is 1.89. The van der Waals surface area contributed by atoms with Gasteiger partial charge in [0.2, 0.25) is 0 Å². The number of carbonyl (C=O) groups excluding carboxylic acids is 1. The number of thiophene rings is 1. The summed E-state index contributed by atoms with van der Waals surface area (Å²) >= 11 is 1.39. The van der Waals surface area contributed by atoms with Crippen LogP contribution >= 0.6 is 11.3 Å². The molecule has 0 saturated heterocycles. The second kappa shape index (κ2) is 5.31. The highest BCUT2D eigenvalue weighted by Gasteiger charge is 2.26. The third kappa shape index (κ3) is 3.56.